The molecule has 30 heavy (non-hydrogen) atoms. The summed E-state index contributed by atoms with van der Waals surface area (Å²) in [6, 6.07) is 5.62. The molecule has 2 heterocycles. The topological polar surface area (TPSA) is 95.0 Å². The standard InChI is InChI=1S/C23H24FN5O/c1-12-5-7-29(3)11-18(12)16-8-14-9-19(27-10-17(14)22(26)21(16)24)28-23(30)20-13(2)15(20)4-6-25/h5,7-10,13,15,20H,4,11,26H2,1-3H3,(H,27,28,30)/t13-,15+,20+/m0/s1. The highest BCUT2D eigenvalue weighted by Gasteiger charge is 2.51. The maximum atomic E-state index is 15.1. The number of nitrogen functional groups attached to an aromatic ring is 1. The minimum absolute atomic E-state index is 0.0512. The van der Waals surface area contributed by atoms with Crippen LogP contribution in [0.2, 0.25) is 0 Å². The van der Waals surface area contributed by atoms with Gasteiger partial charge in [-0.25, -0.2) is 9.37 Å². The van der Waals surface area contributed by atoms with E-state index < -0.39 is 5.82 Å². The van der Waals surface area contributed by atoms with Gasteiger partial charge in [-0.15, -0.1) is 0 Å². The number of hydrogen-bond acceptors (Lipinski definition) is 5. The Labute approximate surface area is 174 Å². The first-order valence-electron chi connectivity index (χ1n) is 9.96. The highest BCUT2D eigenvalue weighted by atomic mass is 19.1. The number of carbonyl (C=O) groups excluding carboxylic acids is 1. The number of amides is 1. The number of likely N-dealkylation sites (N-methyl/N-ethyl adjacent to an activating group) is 1. The van der Waals surface area contributed by atoms with Crippen LogP contribution in [0.5, 0.6) is 0 Å². The van der Waals surface area contributed by atoms with Gasteiger partial charge in [-0.2, -0.15) is 5.26 Å². The number of anilines is 2. The van der Waals surface area contributed by atoms with Crippen LogP contribution in [0.1, 0.15) is 25.8 Å². The monoisotopic (exact) mass is 405 g/mol. The number of aromatic nitrogens is 1. The first-order valence-corrected chi connectivity index (χ1v) is 9.96. The molecule has 1 saturated carbocycles. The first-order chi connectivity index (χ1) is 14.3. The lowest BCUT2D eigenvalue weighted by atomic mass is 9.94. The minimum Gasteiger partial charge on any atom is -0.396 e. The number of allylic oxidation sites excluding steroid dienone is 2. The van der Waals surface area contributed by atoms with Crippen LogP contribution in [0.3, 0.4) is 0 Å². The molecule has 0 bridgehead atoms. The third-order valence-electron chi connectivity index (χ3n) is 6.23. The summed E-state index contributed by atoms with van der Waals surface area (Å²) < 4.78 is 15.1. The molecule has 2 aliphatic rings. The summed E-state index contributed by atoms with van der Waals surface area (Å²) >= 11 is 0. The minimum atomic E-state index is -0.453. The van der Waals surface area contributed by atoms with Gasteiger partial charge in [-0.3, -0.25) is 4.79 Å². The van der Waals surface area contributed by atoms with E-state index in [-0.39, 0.29) is 29.3 Å². The van der Waals surface area contributed by atoms with Gasteiger partial charge in [-0.1, -0.05) is 6.92 Å². The molecule has 4 rings (SSSR count). The van der Waals surface area contributed by atoms with Crippen LogP contribution in [0.25, 0.3) is 16.3 Å². The second-order valence-electron chi connectivity index (χ2n) is 8.24. The molecule has 0 unspecified atom stereocenters. The highest BCUT2D eigenvalue weighted by Crippen LogP contribution is 2.48. The fourth-order valence-corrected chi connectivity index (χ4v) is 4.26. The van der Waals surface area contributed by atoms with Gasteiger partial charge in [0.1, 0.15) is 5.82 Å². The molecule has 0 spiro atoms. The third-order valence-corrected chi connectivity index (χ3v) is 6.23. The maximum absolute atomic E-state index is 15.1. The van der Waals surface area contributed by atoms with Crippen LogP contribution < -0.4 is 11.1 Å². The molecule has 0 radical (unpaired) electrons. The van der Waals surface area contributed by atoms with Crippen molar-refractivity contribution < 1.29 is 9.18 Å². The number of pyridine rings is 1. The van der Waals surface area contributed by atoms with E-state index in [1.807, 2.05) is 38.1 Å². The van der Waals surface area contributed by atoms with Crippen molar-refractivity contribution in [2.75, 3.05) is 24.6 Å². The summed E-state index contributed by atoms with van der Waals surface area (Å²) in [6.45, 7) is 4.51. The number of benzene rings is 1. The number of fused-ring (bicyclic) bond motifs is 1. The summed E-state index contributed by atoms with van der Waals surface area (Å²) in [7, 11) is 1.93. The lowest BCUT2D eigenvalue weighted by Gasteiger charge is -2.24. The summed E-state index contributed by atoms with van der Waals surface area (Å²) in [5, 5.41) is 12.9. The Morgan fingerprint density at radius 1 is 1.47 bits per heavy atom. The number of nitriles is 1. The zero-order chi connectivity index (χ0) is 21.6. The predicted molar refractivity (Wildman–Crippen MR) is 115 cm³/mol. The smallest absolute Gasteiger partial charge is 0.229 e. The zero-order valence-electron chi connectivity index (χ0n) is 17.2. The average Bonchev–Trinajstić information content (AvgIpc) is 3.36. The van der Waals surface area contributed by atoms with Crippen LogP contribution >= 0.6 is 0 Å². The van der Waals surface area contributed by atoms with Crippen molar-refractivity contribution in [3.05, 3.63) is 47.6 Å². The number of halogens is 1. The van der Waals surface area contributed by atoms with Crippen molar-refractivity contribution in [2.24, 2.45) is 17.8 Å². The molecule has 1 amide bonds. The largest absolute Gasteiger partial charge is 0.396 e. The van der Waals surface area contributed by atoms with Gasteiger partial charge >= 0.3 is 0 Å². The number of rotatable bonds is 4. The normalized spacial score (nSPS) is 22.9. The number of nitrogens with two attached hydrogens (primary N) is 1. The SMILES string of the molecule is CC1=C(c2cc3cc(NC(=O)[C@@H]4[C@@H](C)[C@H]4CC#N)ncc3c(N)c2F)CN(C)C=C1. The molecule has 154 valence electrons. The second-order valence-corrected chi connectivity index (χ2v) is 8.24. The third kappa shape index (κ3) is 3.39. The number of nitrogens with zero attached hydrogens (tertiary/aromatic N) is 3. The van der Waals surface area contributed by atoms with Gasteiger partial charge < -0.3 is 16.0 Å². The van der Waals surface area contributed by atoms with Gasteiger partial charge in [-0.05, 0) is 59.7 Å². The van der Waals surface area contributed by atoms with E-state index in [4.69, 9.17) is 11.0 Å². The summed E-state index contributed by atoms with van der Waals surface area (Å²) in [5.41, 5.74) is 8.47. The van der Waals surface area contributed by atoms with E-state index in [1.165, 1.54) is 6.20 Å². The molecule has 1 aromatic heterocycles. The Morgan fingerprint density at radius 2 is 2.23 bits per heavy atom. The van der Waals surface area contributed by atoms with Crippen LogP contribution in [0, 0.1) is 34.9 Å². The highest BCUT2D eigenvalue weighted by molar-refractivity contribution is 6.00. The van der Waals surface area contributed by atoms with Crippen LogP contribution in [-0.4, -0.2) is 29.4 Å². The van der Waals surface area contributed by atoms with Crippen LogP contribution in [0.4, 0.5) is 15.9 Å². The molecular formula is C23H24FN5O. The molecule has 2 aromatic rings. The molecule has 1 aromatic carbocycles. The predicted octanol–water partition coefficient (Wildman–Crippen LogP) is 3.92. The average molecular weight is 405 g/mol. The van der Waals surface area contributed by atoms with Gasteiger partial charge in [0.25, 0.3) is 0 Å². The summed E-state index contributed by atoms with van der Waals surface area (Å²) in [6.07, 6.45) is 5.77. The first kappa shape index (κ1) is 19.9. The Hall–Kier alpha value is -3.40. The molecule has 3 atom stereocenters. The summed E-state index contributed by atoms with van der Waals surface area (Å²) in [4.78, 5) is 18.8. The van der Waals surface area contributed by atoms with Gasteiger partial charge in [0.15, 0.2) is 5.82 Å². The van der Waals surface area contributed by atoms with Crippen molar-refractivity contribution >= 4 is 33.8 Å². The Bertz CT molecular complexity index is 1150. The molecule has 6 nitrogen and oxygen atoms in total. The number of carbonyl (C=O) groups is 1. The second kappa shape index (κ2) is 7.45. The van der Waals surface area contributed by atoms with E-state index >= 15 is 4.39 Å². The van der Waals surface area contributed by atoms with Crippen LogP contribution in [-0.2, 0) is 4.79 Å². The summed E-state index contributed by atoms with van der Waals surface area (Å²) in [5.74, 6) is -0.0856. The van der Waals surface area contributed by atoms with Gasteiger partial charge in [0.05, 0.1) is 11.8 Å². The molecule has 0 saturated heterocycles. The van der Waals surface area contributed by atoms with E-state index in [1.54, 1.807) is 12.1 Å². The van der Waals surface area contributed by atoms with Crippen LogP contribution in [0.15, 0.2) is 36.2 Å². The van der Waals surface area contributed by atoms with Crippen molar-refractivity contribution in [2.45, 2.75) is 20.3 Å². The number of nitrogens with one attached hydrogen (secondary N) is 1. The van der Waals surface area contributed by atoms with Crippen molar-refractivity contribution in [3.8, 4) is 6.07 Å². The van der Waals surface area contributed by atoms with E-state index in [2.05, 4.69) is 16.4 Å². The van der Waals surface area contributed by atoms with E-state index in [0.717, 1.165) is 11.1 Å². The molecular weight excluding hydrogens is 381 g/mol. The van der Waals surface area contributed by atoms with Gasteiger partial charge in [0.2, 0.25) is 5.91 Å². The Balaban J connectivity index is 1.68. The zero-order valence-corrected chi connectivity index (χ0v) is 17.2. The molecule has 3 N–H and O–H groups in total. The Morgan fingerprint density at radius 3 is 2.97 bits per heavy atom. The van der Waals surface area contributed by atoms with Crippen molar-refractivity contribution in [3.63, 3.8) is 0 Å². The molecule has 1 aliphatic heterocycles. The van der Waals surface area contributed by atoms with E-state index in [9.17, 15) is 4.79 Å². The Kier molecular flexibility index (Phi) is 4.94. The van der Waals surface area contributed by atoms with E-state index in [0.29, 0.717) is 35.1 Å². The number of hydrogen-bond donors (Lipinski definition) is 2. The maximum Gasteiger partial charge on any atom is 0.229 e. The lowest BCUT2D eigenvalue weighted by Crippen LogP contribution is -2.18. The van der Waals surface area contributed by atoms with Crippen molar-refractivity contribution in [1.29, 1.82) is 5.26 Å². The molecule has 1 fully saturated rings. The fourth-order valence-electron chi connectivity index (χ4n) is 4.26. The molecule has 7 heteroatoms. The van der Waals surface area contributed by atoms with Crippen molar-refractivity contribution in [1.82, 2.24) is 9.88 Å². The fraction of sp³-hybridized carbons (Fsp3) is 0.348. The lowest BCUT2D eigenvalue weighted by molar-refractivity contribution is -0.117. The van der Waals surface area contributed by atoms with Gasteiger partial charge in [0, 0.05) is 43.1 Å². The molecule has 1 aliphatic carbocycles. The quantitative estimate of drug-likeness (QED) is 0.752.